The van der Waals surface area contributed by atoms with Crippen LogP contribution in [0.5, 0.6) is 5.75 Å². The Labute approximate surface area is 223 Å². The lowest BCUT2D eigenvalue weighted by Gasteiger charge is -2.34. The number of piperidine rings is 1. The number of nitrogens with zero attached hydrogens (tertiary/aromatic N) is 3. The van der Waals surface area contributed by atoms with Crippen LogP contribution in [0.2, 0.25) is 5.02 Å². The first-order chi connectivity index (χ1) is 17.8. The number of nitrogens with two attached hydrogens (primary N) is 1. The van der Waals surface area contributed by atoms with Crippen molar-refractivity contribution in [1.82, 2.24) is 20.1 Å². The third kappa shape index (κ3) is 6.89. The Morgan fingerprint density at radius 1 is 1.21 bits per heavy atom. The maximum atomic E-state index is 14.0. The minimum atomic E-state index is -4.64. The van der Waals surface area contributed by atoms with Gasteiger partial charge in [-0.1, -0.05) is 23.7 Å². The van der Waals surface area contributed by atoms with Crippen LogP contribution in [0, 0.1) is 0 Å². The molecule has 38 heavy (non-hydrogen) atoms. The summed E-state index contributed by atoms with van der Waals surface area (Å²) in [5.41, 5.74) is 4.51. The van der Waals surface area contributed by atoms with Crippen LogP contribution in [0.1, 0.15) is 50.6 Å². The fourth-order valence-electron chi connectivity index (χ4n) is 4.28. The quantitative estimate of drug-likeness (QED) is 0.397. The largest absolute Gasteiger partial charge is 0.489 e. The van der Waals surface area contributed by atoms with Gasteiger partial charge in [0.25, 0.3) is 0 Å². The number of aromatic nitrogens is 3. The molecule has 2 heterocycles. The molecule has 0 spiro atoms. The SMILES string of the molecule is CC(C)(C)OC(=O)N1CCCC(Oc2ccc(-c3c(Cl)cc(Cc4nc(N)n[nH]4)cc3C(F)(F)F)cc2)C1. The van der Waals surface area contributed by atoms with E-state index < -0.39 is 23.4 Å². The van der Waals surface area contributed by atoms with E-state index >= 15 is 0 Å². The monoisotopic (exact) mass is 551 g/mol. The number of carbonyl (C=O) groups excluding carboxylic acids is 1. The molecule has 2 aromatic carbocycles. The Morgan fingerprint density at radius 3 is 2.53 bits per heavy atom. The lowest BCUT2D eigenvalue weighted by atomic mass is 9.95. The van der Waals surface area contributed by atoms with E-state index in [1.165, 1.54) is 18.2 Å². The highest BCUT2D eigenvalue weighted by molar-refractivity contribution is 6.33. The lowest BCUT2D eigenvalue weighted by Crippen LogP contribution is -2.46. The van der Waals surface area contributed by atoms with Gasteiger partial charge in [-0.05, 0) is 69.0 Å². The van der Waals surface area contributed by atoms with E-state index in [1.54, 1.807) is 37.8 Å². The van der Waals surface area contributed by atoms with E-state index in [4.69, 9.17) is 26.8 Å². The molecule has 204 valence electrons. The van der Waals surface area contributed by atoms with Crippen molar-refractivity contribution in [2.24, 2.45) is 0 Å². The predicted octanol–water partition coefficient (Wildman–Crippen LogP) is 6.10. The summed E-state index contributed by atoms with van der Waals surface area (Å²) in [4.78, 5) is 18.0. The summed E-state index contributed by atoms with van der Waals surface area (Å²) >= 11 is 6.38. The number of benzene rings is 2. The fraction of sp³-hybridized carbons (Fsp3) is 0.423. The molecule has 1 amide bonds. The molecule has 3 N–H and O–H groups in total. The maximum absolute atomic E-state index is 14.0. The topological polar surface area (TPSA) is 106 Å². The summed E-state index contributed by atoms with van der Waals surface area (Å²) in [6, 6.07) is 8.81. The smallest absolute Gasteiger partial charge is 0.417 e. The van der Waals surface area contributed by atoms with E-state index in [-0.39, 0.29) is 29.1 Å². The second kappa shape index (κ2) is 10.7. The molecule has 1 fully saturated rings. The van der Waals surface area contributed by atoms with Crippen molar-refractivity contribution in [1.29, 1.82) is 0 Å². The Morgan fingerprint density at radius 2 is 1.92 bits per heavy atom. The first-order valence-electron chi connectivity index (χ1n) is 12.1. The third-order valence-electron chi connectivity index (χ3n) is 5.85. The Balaban J connectivity index is 1.51. The van der Waals surface area contributed by atoms with Gasteiger partial charge >= 0.3 is 12.3 Å². The summed E-state index contributed by atoms with van der Waals surface area (Å²) in [6.07, 6.45) is -3.76. The molecule has 1 atom stereocenters. The van der Waals surface area contributed by atoms with Crippen molar-refractivity contribution in [3.63, 3.8) is 0 Å². The van der Waals surface area contributed by atoms with Gasteiger partial charge in [-0.25, -0.2) is 4.79 Å². The van der Waals surface area contributed by atoms with Crippen molar-refractivity contribution in [2.45, 2.75) is 57.9 Å². The van der Waals surface area contributed by atoms with Crippen LogP contribution in [-0.2, 0) is 17.3 Å². The van der Waals surface area contributed by atoms with Crippen LogP contribution in [0.25, 0.3) is 11.1 Å². The van der Waals surface area contributed by atoms with Gasteiger partial charge in [0.1, 0.15) is 23.3 Å². The summed E-state index contributed by atoms with van der Waals surface area (Å²) < 4.78 is 53.6. The van der Waals surface area contributed by atoms with E-state index in [2.05, 4.69) is 15.2 Å². The zero-order valence-electron chi connectivity index (χ0n) is 21.2. The molecule has 1 aromatic heterocycles. The highest BCUT2D eigenvalue weighted by atomic mass is 35.5. The van der Waals surface area contributed by atoms with Crippen LogP contribution in [0.3, 0.4) is 0 Å². The molecule has 3 aromatic rings. The van der Waals surface area contributed by atoms with Gasteiger partial charge in [-0.3, -0.25) is 5.10 Å². The van der Waals surface area contributed by atoms with Crippen LogP contribution >= 0.6 is 11.6 Å². The number of nitrogen functional groups attached to an aromatic ring is 1. The molecule has 0 aliphatic carbocycles. The Hall–Kier alpha value is -3.47. The molecule has 0 radical (unpaired) electrons. The number of hydrogen-bond acceptors (Lipinski definition) is 6. The van der Waals surface area contributed by atoms with E-state index in [0.29, 0.717) is 35.8 Å². The number of likely N-dealkylation sites (tertiary alicyclic amines) is 1. The molecular weight excluding hydrogens is 523 g/mol. The third-order valence-corrected chi connectivity index (χ3v) is 6.15. The minimum absolute atomic E-state index is 0.00634. The Bertz CT molecular complexity index is 1290. The maximum Gasteiger partial charge on any atom is 0.417 e. The number of hydrogen-bond donors (Lipinski definition) is 2. The molecule has 0 bridgehead atoms. The molecule has 12 heteroatoms. The van der Waals surface area contributed by atoms with Crippen molar-refractivity contribution in [3.05, 3.63) is 58.4 Å². The predicted molar refractivity (Wildman–Crippen MR) is 137 cm³/mol. The second-order valence-electron chi connectivity index (χ2n) is 10.1. The summed E-state index contributed by atoms with van der Waals surface area (Å²) in [7, 11) is 0. The molecular formula is C26H29ClF3N5O3. The molecule has 1 aliphatic heterocycles. The normalized spacial score (nSPS) is 16.4. The van der Waals surface area contributed by atoms with Crippen molar-refractivity contribution in [2.75, 3.05) is 18.8 Å². The van der Waals surface area contributed by atoms with Gasteiger partial charge < -0.3 is 20.1 Å². The first-order valence-corrected chi connectivity index (χ1v) is 12.5. The van der Waals surface area contributed by atoms with Crippen molar-refractivity contribution >= 4 is 23.6 Å². The number of aromatic amines is 1. The second-order valence-corrected chi connectivity index (χ2v) is 10.6. The summed E-state index contributed by atoms with van der Waals surface area (Å²) in [5.74, 6) is 0.815. The molecule has 1 saturated heterocycles. The summed E-state index contributed by atoms with van der Waals surface area (Å²) in [5, 5.41) is 6.24. The van der Waals surface area contributed by atoms with Crippen LogP contribution < -0.4 is 10.5 Å². The van der Waals surface area contributed by atoms with Gasteiger partial charge in [-0.2, -0.15) is 18.2 Å². The standard InChI is InChI=1S/C26H29ClF3N5O3/c1-25(2,3)38-24(36)35-10-4-5-18(14-35)37-17-8-6-16(7-9-17)22-19(26(28,29)30)11-15(12-20(22)27)13-21-32-23(31)34-33-21/h6-9,11-12,18H,4-5,10,13-14H2,1-3H3,(H3,31,32,33,34). The van der Waals surface area contributed by atoms with Crippen molar-refractivity contribution in [3.8, 4) is 16.9 Å². The first kappa shape index (κ1) is 27.6. The van der Waals surface area contributed by atoms with E-state index in [1.807, 2.05) is 0 Å². The highest BCUT2D eigenvalue weighted by Crippen LogP contribution is 2.42. The zero-order valence-corrected chi connectivity index (χ0v) is 22.0. The van der Waals surface area contributed by atoms with Gasteiger partial charge in [0, 0.05) is 23.6 Å². The van der Waals surface area contributed by atoms with Gasteiger partial charge in [-0.15, -0.1) is 5.10 Å². The van der Waals surface area contributed by atoms with Crippen molar-refractivity contribution < 1.29 is 27.4 Å². The fourth-order valence-corrected chi connectivity index (χ4v) is 4.63. The number of H-pyrrole nitrogens is 1. The Kier molecular flexibility index (Phi) is 7.78. The minimum Gasteiger partial charge on any atom is -0.489 e. The number of amides is 1. The molecule has 4 rings (SSSR count). The number of halogens is 4. The average molecular weight is 552 g/mol. The molecule has 1 aliphatic rings. The van der Waals surface area contributed by atoms with Crippen LogP contribution in [0.15, 0.2) is 36.4 Å². The highest BCUT2D eigenvalue weighted by Gasteiger charge is 2.35. The average Bonchev–Trinajstić information content (AvgIpc) is 3.22. The number of alkyl halides is 3. The van der Waals surface area contributed by atoms with Crippen LogP contribution in [-0.4, -0.2) is 51.0 Å². The number of ether oxygens (including phenoxy) is 2. The molecule has 0 saturated carbocycles. The molecule has 1 unspecified atom stereocenters. The number of rotatable bonds is 5. The zero-order chi connectivity index (χ0) is 27.7. The lowest BCUT2D eigenvalue weighted by molar-refractivity contribution is -0.137. The number of carbonyl (C=O) groups is 1. The van der Waals surface area contributed by atoms with Gasteiger partial charge in [0.05, 0.1) is 12.1 Å². The number of anilines is 1. The van der Waals surface area contributed by atoms with E-state index in [9.17, 15) is 18.0 Å². The van der Waals surface area contributed by atoms with Gasteiger partial charge in [0.15, 0.2) is 0 Å². The van der Waals surface area contributed by atoms with E-state index in [0.717, 1.165) is 18.9 Å². The summed E-state index contributed by atoms with van der Waals surface area (Å²) in [6.45, 7) is 6.36. The van der Waals surface area contributed by atoms with Crippen LogP contribution in [0.4, 0.5) is 23.9 Å². The number of nitrogens with one attached hydrogen (secondary N) is 1. The molecule has 8 nitrogen and oxygen atoms in total. The van der Waals surface area contributed by atoms with Gasteiger partial charge in [0.2, 0.25) is 5.95 Å².